The predicted molar refractivity (Wildman–Crippen MR) is 84.7 cm³/mol. The Labute approximate surface area is 129 Å². The fraction of sp³-hybridized carbons (Fsp3) is 0.533. The second kappa shape index (κ2) is 9.10. The molecule has 0 saturated carbocycles. The Bertz CT molecular complexity index is 422. The van der Waals surface area contributed by atoms with E-state index in [0.717, 1.165) is 36.2 Å². The Morgan fingerprint density at radius 2 is 2.10 bits per heavy atom. The highest BCUT2D eigenvalue weighted by Crippen LogP contribution is 2.19. The third-order valence-corrected chi connectivity index (χ3v) is 3.78. The van der Waals surface area contributed by atoms with Crippen molar-refractivity contribution in [3.05, 3.63) is 34.3 Å². The number of carbonyl (C=O) groups is 1. The Hall–Kier alpha value is -0.910. The van der Waals surface area contributed by atoms with Crippen molar-refractivity contribution in [3.63, 3.8) is 0 Å². The molecule has 0 bridgehead atoms. The standard InChI is InChI=1S/C15H23BrN2O2/c1-4-18(5-2)10-9-17-14(15(19)20-3)12-7-6-8-13(16)11-12/h6-8,11,14,17H,4-5,9-10H2,1-3H3. The lowest BCUT2D eigenvalue weighted by Gasteiger charge is -2.21. The van der Waals surface area contributed by atoms with Gasteiger partial charge in [0.25, 0.3) is 0 Å². The minimum Gasteiger partial charge on any atom is -0.468 e. The lowest BCUT2D eigenvalue weighted by molar-refractivity contribution is -0.143. The third-order valence-electron chi connectivity index (χ3n) is 3.29. The van der Waals surface area contributed by atoms with Crippen LogP contribution in [-0.2, 0) is 9.53 Å². The summed E-state index contributed by atoms with van der Waals surface area (Å²) in [7, 11) is 1.42. The van der Waals surface area contributed by atoms with Crippen molar-refractivity contribution in [3.8, 4) is 0 Å². The smallest absolute Gasteiger partial charge is 0.327 e. The summed E-state index contributed by atoms with van der Waals surface area (Å²) in [4.78, 5) is 14.2. The summed E-state index contributed by atoms with van der Waals surface area (Å²) in [6.07, 6.45) is 0. The van der Waals surface area contributed by atoms with Gasteiger partial charge in [-0.25, -0.2) is 4.79 Å². The summed E-state index contributed by atoms with van der Waals surface area (Å²) >= 11 is 3.43. The highest BCUT2D eigenvalue weighted by Gasteiger charge is 2.20. The molecular formula is C15H23BrN2O2. The Kier molecular flexibility index (Phi) is 7.80. The first-order chi connectivity index (χ1) is 9.62. The van der Waals surface area contributed by atoms with Crippen LogP contribution in [0.2, 0.25) is 0 Å². The summed E-state index contributed by atoms with van der Waals surface area (Å²) in [6.45, 7) is 7.95. The molecule has 0 spiro atoms. The summed E-state index contributed by atoms with van der Waals surface area (Å²) in [5.41, 5.74) is 0.908. The molecule has 0 radical (unpaired) electrons. The molecule has 0 aliphatic heterocycles. The van der Waals surface area contributed by atoms with Gasteiger partial charge >= 0.3 is 5.97 Å². The molecule has 1 rings (SSSR count). The minimum absolute atomic E-state index is 0.261. The molecule has 20 heavy (non-hydrogen) atoms. The molecule has 4 nitrogen and oxygen atoms in total. The largest absolute Gasteiger partial charge is 0.468 e. The summed E-state index contributed by atoms with van der Waals surface area (Å²) in [6, 6.07) is 7.30. The van der Waals surface area contributed by atoms with E-state index in [-0.39, 0.29) is 5.97 Å². The SMILES string of the molecule is CCN(CC)CCNC(C(=O)OC)c1cccc(Br)c1. The van der Waals surface area contributed by atoms with Crippen LogP contribution < -0.4 is 5.32 Å². The number of likely N-dealkylation sites (N-methyl/N-ethyl adjacent to an activating group) is 1. The first-order valence-corrected chi connectivity index (χ1v) is 7.70. The van der Waals surface area contributed by atoms with Crippen LogP contribution in [-0.4, -0.2) is 44.2 Å². The number of rotatable bonds is 8. The average Bonchev–Trinajstić information content (AvgIpc) is 2.47. The third kappa shape index (κ3) is 5.23. The Morgan fingerprint density at radius 3 is 2.65 bits per heavy atom. The number of benzene rings is 1. The zero-order valence-corrected chi connectivity index (χ0v) is 13.9. The zero-order chi connectivity index (χ0) is 15.0. The number of nitrogens with zero attached hydrogens (tertiary/aromatic N) is 1. The maximum atomic E-state index is 11.9. The molecule has 1 atom stereocenters. The minimum atomic E-state index is -0.423. The van der Waals surface area contributed by atoms with Crippen molar-refractivity contribution in [2.75, 3.05) is 33.3 Å². The van der Waals surface area contributed by atoms with Gasteiger partial charge in [-0.1, -0.05) is 41.9 Å². The normalized spacial score (nSPS) is 12.4. The summed E-state index contributed by atoms with van der Waals surface area (Å²) in [5.74, 6) is -0.261. The highest BCUT2D eigenvalue weighted by molar-refractivity contribution is 9.10. The molecule has 112 valence electrons. The van der Waals surface area contributed by atoms with Crippen LogP contribution in [0, 0.1) is 0 Å². The van der Waals surface area contributed by atoms with E-state index in [2.05, 4.69) is 40.0 Å². The van der Waals surface area contributed by atoms with Gasteiger partial charge < -0.3 is 9.64 Å². The second-order valence-corrected chi connectivity index (χ2v) is 5.41. The summed E-state index contributed by atoms with van der Waals surface area (Å²) < 4.78 is 5.84. The van der Waals surface area contributed by atoms with Crippen molar-refractivity contribution in [2.45, 2.75) is 19.9 Å². The van der Waals surface area contributed by atoms with E-state index in [0.29, 0.717) is 0 Å². The molecule has 0 aliphatic rings. The van der Waals surface area contributed by atoms with Gasteiger partial charge in [0.1, 0.15) is 6.04 Å². The Balaban J connectivity index is 2.68. The fourth-order valence-electron chi connectivity index (χ4n) is 2.05. The van der Waals surface area contributed by atoms with Gasteiger partial charge in [0.15, 0.2) is 0 Å². The van der Waals surface area contributed by atoms with E-state index in [1.807, 2.05) is 24.3 Å². The molecule has 1 N–H and O–H groups in total. The van der Waals surface area contributed by atoms with Crippen LogP contribution in [0.1, 0.15) is 25.5 Å². The van der Waals surface area contributed by atoms with Gasteiger partial charge in [0, 0.05) is 17.6 Å². The van der Waals surface area contributed by atoms with Crippen LogP contribution in [0.5, 0.6) is 0 Å². The quantitative estimate of drug-likeness (QED) is 0.737. The molecule has 0 aliphatic carbocycles. The van der Waals surface area contributed by atoms with Crippen LogP contribution in [0.4, 0.5) is 0 Å². The van der Waals surface area contributed by atoms with Gasteiger partial charge in [-0.15, -0.1) is 0 Å². The van der Waals surface area contributed by atoms with Crippen LogP contribution in [0.25, 0.3) is 0 Å². The van der Waals surface area contributed by atoms with Gasteiger partial charge in [-0.05, 0) is 30.8 Å². The average molecular weight is 343 g/mol. The predicted octanol–water partition coefficient (Wildman–Crippen LogP) is 2.59. The van der Waals surface area contributed by atoms with E-state index in [1.165, 1.54) is 7.11 Å². The lowest BCUT2D eigenvalue weighted by atomic mass is 10.1. The second-order valence-electron chi connectivity index (χ2n) is 4.49. The van der Waals surface area contributed by atoms with Crippen molar-refractivity contribution in [1.82, 2.24) is 10.2 Å². The monoisotopic (exact) mass is 342 g/mol. The van der Waals surface area contributed by atoms with Crippen LogP contribution in [0.3, 0.4) is 0 Å². The van der Waals surface area contributed by atoms with Crippen molar-refractivity contribution < 1.29 is 9.53 Å². The van der Waals surface area contributed by atoms with Gasteiger partial charge in [0.05, 0.1) is 7.11 Å². The van der Waals surface area contributed by atoms with E-state index >= 15 is 0 Å². The molecule has 1 aromatic rings. The van der Waals surface area contributed by atoms with E-state index in [9.17, 15) is 4.79 Å². The maximum absolute atomic E-state index is 11.9. The molecular weight excluding hydrogens is 320 g/mol. The number of esters is 1. The molecule has 0 heterocycles. The van der Waals surface area contributed by atoms with Gasteiger partial charge in [0.2, 0.25) is 0 Å². The van der Waals surface area contributed by atoms with Crippen molar-refractivity contribution in [1.29, 1.82) is 0 Å². The molecule has 0 aromatic heterocycles. The first kappa shape index (κ1) is 17.1. The molecule has 1 unspecified atom stereocenters. The molecule has 0 fully saturated rings. The van der Waals surface area contributed by atoms with E-state index < -0.39 is 6.04 Å². The Morgan fingerprint density at radius 1 is 1.40 bits per heavy atom. The molecule has 0 saturated heterocycles. The topological polar surface area (TPSA) is 41.6 Å². The molecule has 5 heteroatoms. The number of ether oxygens (including phenoxy) is 1. The molecule has 0 amide bonds. The molecule has 1 aromatic carbocycles. The maximum Gasteiger partial charge on any atom is 0.327 e. The first-order valence-electron chi connectivity index (χ1n) is 6.91. The zero-order valence-electron chi connectivity index (χ0n) is 12.4. The number of hydrogen-bond acceptors (Lipinski definition) is 4. The lowest BCUT2D eigenvalue weighted by Crippen LogP contribution is -2.36. The highest BCUT2D eigenvalue weighted by atomic mass is 79.9. The van der Waals surface area contributed by atoms with Crippen LogP contribution in [0.15, 0.2) is 28.7 Å². The van der Waals surface area contributed by atoms with Crippen LogP contribution >= 0.6 is 15.9 Å². The summed E-state index contributed by atoms with van der Waals surface area (Å²) in [5, 5.41) is 3.28. The van der Waals surface area contributed by atoms with Gasteiger partial charge in [-0.2, -0.15) is 0 Å². The van der Waals surface area contributed by atoms with Crippen molar-refractivity contribution >= 4 is 21.9 Å². The number of methoxy groups -OCH3 is 1. The number of halogens is 1. The number of hydrogen-bond donors (Lipinski definition) is 1. The van der Waals surface area contributed by atoms with E-state index in [1.54, 1.807) is 0 Å². The number of nitrogens with one attached hydrogen (secondary N) is 1. The van der Waals surface area contributed by atoms with Gasteiger partial charge in [-0.3, -0.25) is 5.32 Å². The number of carbonyl (C=O) groups excluding carboxylic acids is 1. The fourth-order valence-corrected chi connectivity index (χ4v) is 2.47. The van der Waals surface area contributed by atoms with E-state index in [4.69, 9.17) is 4.74 Å². The van der Waals surface area contributed by atoms with Crippen molar-refractivity contribution in [2.24, 2.45) is 0 Å².